The normalized spacial score (nSPS) is 11.9. The maximum atomic E-state index is 13.4. The molecule has 188 valence electrons. The van der Waals surface area contributed by atoms with Crippen molar-refractivity contribution in [2.24, 2.45) is 0 Å². The molecule has 0 aliphatic carbocycles. The molecule has 0 atom stereocenters. The molecular formula is C26H24ClF3N4O2. The van der Waals surface area contributed by atoms with Crippen molar-refractivity contribution >= 4 is 28.4 Å². The van der Waals surface area contributed by atoms with Crippen molar-refractivity contribution in [3.63, 3.8) is 0 Å². The molecule has 1 aromatic carbocycles. The van der Waals surface area contributed by atoms with E-state index in [1.54, 1.807) is 32.2 Å². The lowest BCUT2D eigenvalue weighted by Crippen LogP contribution is -2.28. The summed E-state index contributed by atoms with van der Waals surface area (Å²) in [4.78, 5) is 32.0. The van der Waals surface area contributed by atoms with Gasteiger partial charge in [0.25, 0.3) is 11.5 Å². The highest BCUT2D eigenvalue weighted by Gasteiger charge is 2.32. The van der Waals surface area contributed by atoms with Crippen LogP contribution in [0.15, 0.2) is 47.5 Å². The maximum absolute atomic E-state index is 13.4. The molecule has 0 aliphatic heterocycles. The number of nitrogens with zero attached hydrogens (tertiary/aromatic N) is 2. The van der Waals surface area contributed by atoms with Gasteiger partial charge in [-0.25, -0.2) is 0 Å². The Bertz CT molecular complexity index is 1520. The number of pyridine rings is 2. The highest BCUT2D eigenvalue weighted by atomic mass is 35.5. The van der Waals surface area contributed by atoms with Crippen molar-refractivity contribution in [2.45, 2.75) is 46.5 Å². The number of aromatic nitrogens is 3. The third kappa shape index (κ3) is 4.88. The molecule has 1 amide bonds. The molecule has 4 rings (SSSR count). The molecule has 10 heteroatoms. The summed E-state index contributed by atoms with van der Waals surface area (Å²) in [6.45, 7) is 7.47. The second-order valence-corrected chi connectivity index (χ2v) is 9.36. The number of carbonyl (C=O) groups excluding carboxylic acids is 1. The molecule has 0 spiro atoms. The first-order valence-corrected chi connectivity index (χ1v) is 11.6. The number of halogens is 4. The van der Waals surface area contributed by atoms with Gasteiger partial charge in [-0.2, -0.15) is 13.2 Å². The summed E-state index contributed by atoms with van der Waals surface area (Å²) in [6, 6.07) is 7.39. The number of alkyl halides is 3. The van der Waals surface area contributed by atoms with Crippen molar-refractivity contribution in [2.75, 3.05) is 0 Å². The van der Waals surface area contributed by atoms with Gasteiger partial charge in [0.05, 0.1) is 16.1 Å². The van der Waals surface area contributed by atoms with Gasteiger partial charge in [-0.15, -0.1) is 0 Å². The molecule has 6 nitrogen and oxygen atoms in total. The zero-order valence-electron chi connectivity index (χ0n) is 20.0. The van der Waals surface area contributed by atoms with Gasteiger partial charge >= 0.3 is 6.18 Å². The zero-order chi connectivity index (χ0) is 26.4. The molecule has 0 saturated heterocycles. The fraction of sp³-hybridized carbons (Fsp3) is 0.269. The Kier molecular flexibility index (Phi) is 6.70. The number of hydrogen-bond acceptors (Lipinski definition) is 3. The third-order valence-electron chi connectivity index (χ3n) is 5.99. The first-order valence-electron chi connectivity index (χ1n) is 11.2. The van der Waals surface area contributed by atoms with Crippen molar-refractivity contribution in [1.82, 2.24) is 19.9 Å². The molecule has 0 radical (unpaired) electrons. The van der Waals surface area contributed by atoms with Crippen molar-refractivity contribution in [1.29, 1.82) is 0 Å². The van der Waals surface area contributed by atoms with E-state index in [1.807, 2.05) is 24.5 Å². The molecule has 3 aromatic heterocycles. The van der Waals surface area contributed by atoms with Gasteiger partial charge < -0.3 is 14.9 Å². The summed E-state index contributed by atoms with van der Waals surface area (Å²) >= 11 is 6.53. The molecule has 4 aromatic rings. The molecule has 3 heterocycles. The number of H-pyrrole nitrogens is 1. The number of carbonyl (C=O) groups is 1. The van der Waals surface area contributed by atoms with Crippen LogP contribution < -0.4 is 10.9 Å². The molecule has 0 bridgehead atoms. The van der Waals surface area contributed by atoms with E-state index in [2.05, 4.69) is 15.3 Å². The van der Waals surface area contributed by atoms with Gasteiger partial charge in [0.1, 0.15) is 5.69 Å². The minimum atomic E-state index is -4.56. The summed E-state index contributed by atoms with van der Waals surface area (Å²) in [5, 5.41) is 3.67. The Morgan fingerprint density at radius 1 is 1.17 bits per heavy atom. The molecule has 0 unspecified atom stereocenters. The molecule has 0 saturated carbocycles. The molecule has 2 N–H and O–H groups in total. The predicted octanol–water partition coefficient (Wildman–Crippen LogP) is 6.19. The monoisotopic (exact) mass is 516 g/mol. The highest BCUT2D eigenvalue weighted by molar-refractivity contribution is 6.37. The minimum absolute atomic E-state index is 0.00363. The van der Waals surface area contributed by atoms with Crippen molar-refractivity contribution in [3.8, 4) is 11.1 Å². The quantitative estimate of drug-likeness (QED) is 0.332. The predicted molar refractivity (Wildman–Crippen MR) is 133 cm³/mol. The van der Waals surface area contributed by atoms with E-state index in [-0.39, 0.29) is 23.7 Å². The summed E-state index contributed by atoms with van der Waals surface area (Å²) in [5.74, 6) is -0.468. The van der Waals surface area contributed by atoms with E-state index < -0.39 is 17.8 Å². The fourth-order valence-electron chi connectivity index (χ4n) is 4.21. The fourth-order valence-corrected chi connectivity index (χ4v) is 4.51. The van der Waals surface area contributed by atoms with Gasteiger partial charge in [0.2, 0.25) is 0 Å². The van der Waals surface area contributed by atoms with E-state index in [9.17, 15) is 22.8 Å². The van der Waals surface area contributed by atoms with E-state index in [4.69, 9.17) is 11.6 Å². The average molecular weight is 517 g/mol. The smallest absolute Gasteiger partial charge is 0.348 e. The van der Waals surface area contributed by atoms with Gasteiger partial charge in [0.15, 0.2) is 0 Å². The van der Waals surface area contributed by atoms with Crippen LogP contribution in [0, 0.1) is 13.8 Å². The summed E-state index contributed by atoms with van der Waals surface area (Å²) in [7, 11) is 0. The molecule has 0 fully saturated rings. The lowest BCUT2D eigenvalue weighted by Gasteiger charge is -2.14. The SMILES string of the molecule is Cc1cc(C)c(CNC(=O)c2cc(-c3ccc(C(F)(F)F)nc3)cc3c2c(Cl)cn3C(C)C)c(=O)[nH]1. The Labute approximate surface area is 210 Å². The van der Waals surface area contributed by atoms with Crippen LogP contribution in [0.3, 0.4) is 0 Å². The van der Waals surface area contributed by atoms with Gasteiger partial charge in [0, 0.05) is 47.2 Å². The first kappa shape index (κ1) is 25.5. The van der Waals surface area contributed by atoms with Crippen LogP contribution in [0.25, 0.3) is 22.0 Å². The number of fused-ring (bicyclic) bond motifs is 1. The van der Waals surface area contributed by atoms with Crippen LogP contribution in [0.5, 0.6) is 0 Å². The lowest BCUT2D eigenvalue weighted by atomic mass is 10.00. The van der Waals surface area contributed by atoms with Crippen LogP contribution in [0.2, 0.25) is 5.02 Å². The average Bonchev–Trinajstić information content (AvgIpc) is 3.14. The Morgan fingerprint density at radius 3 is 2.47 bits per heavy atom. The summed E-state index contributed by atoms with van der Waals surface area (Å²) in [5.41, 5.74) is 2.43. The van der Waals surface area contributed by atoms with Gasteiger partial charge in [-0.05, 0) is 63.1 Å². The molecular weight excluding hydrogens is 493 g/mol. The van der Waals surface area contributed by atoms with Gasteiger partial charge in [-0.1, -0.05) is 17.7 Å². The van der Waals surface area contributed by atoms with E-state index >= 15 is 0 Å². The van der Waals surface area contributed by atoms with Crippen LogP contribution in [0.4, 0.5) is 13.2 Å². The topological polar surface area (TPSA) is 79.8 Å². The molecule has 36 heavy (non-hydrogen) atoms. The number of aryl methyl sites for hydroxylation is 2. The van der Waals surface area contributed by atoms with Crippen molar-refractivity contribution < 1.29 is 18.0 Å². The van der Waals surface area contributed by atoms with Crippen molar-refractivity contribution in [3.05, 3.63) is 86.2 Å². The number of amides is 1. The number of benzene rings is 1. The van der Waals surface area contributed by atoms with E-state index in [0.29, 0.717) is 38.3 Å². The number of rotatable bonds is 5. The largest absolute Gasteiger partial charge is 0.433 e. The van der Waals surface area contributed by atoms with Crippen LogP contribution >= 0.6 is 11.6 Å². The van der Waals surface area contributed by atoms with E-state index in [1.165, 1.54) is 6.07 Å². The second-order valence-electron chi connectivity index (χ2n) is 8.95. The third-order valence-corrected chi connectivity index (χ3v) is 6.28. The highest BCUT2D eigenvalue weighted by Crippen LogP contribution is 2.36. The number of aromatic amines is 1. The number of hydrogen-bond donors (Lipinski definition) is 2. The minimum Gasteiger partial charge on any atom is -0.348 e. The number of nitrogens with one attached hydrogen (secondary N) is 2. The first-order chi connectivity index (χ1) is 16.9. The van der Waals surface area contributed by atoms with Crippen LogP contribution in [0.1, 0.15) is 52.8 Å². The second kappa shape index (κ2) is 9.46. The summed E-state index contributed by atoms with van der Waals surface area (Å²) < 4.78 is 40.9. The Hall–Kier alpha value is -3.59. The Balaban J connectivity index is 1.80. The lowest BCUT2D eigenvalue weighted by molar-refractivity contribution is -0.141. The molecule has 0 aliphatic rings. The Morgan fingerprint density at radius 2 is 1.89 bits per heavy atom. The van der Waals surface area contributed by atoms with Crippen LogP contribution in [-0.2, 0) is 12.7 Å². The van der Waals surface area contributed by atoms with Gasteiger partial charge in [-0.3, -0.25) is 14.6 Å². The zero-order valence-corrected chi connectivity index (χ0v) is 20.8. The van der Waals surface area contributed by atoms with E-state index in [0.717, 1.165) is 17.8 Å². The summed E-state index contributed by atoms with van der Waals surface area (Å²) in [6.07, 6.45) is -1.71. The maximum Gasteiger partial charge on any atom is 0.433 e. The standard InChI is InChI=1S/C26H24ClF3N4O2/c1-13(2)34-12-20(27)23-18(24(35)32-11-19-14(3)7-15(4)33-25(19)36)8-17(9-21(23)34)16-5-6-22(31-10-16)26(28,29)30/h5-10,12-13H,11H2,1-4H3,(H,32,35)(H,33,36). The van der Waals surface area contributed by atoms with Crippen LogP contribution in [-0.4, -0.2) is 20.4 Å².